The maximum absolute atomic E-state index is 12.5. The maximum Gasteiger partial charge on any atom is 0.261 e. The summed E-state index contributed by atoms with van der Waals surface area (Å²) in [5.74, 6) is 2.07. The number of ether oxygens (including phenoxy) is 3. The van der Waals surface area contributed by atoms with Gasteiger partial charge >= 0.3 is 0 Å². The van der Waals surface area contributed by atoms with Gasteiger partial charge in [-0.1, -0.05) is 19.1 Å². The van der Waals surface area contributed by atoms with E-state index in [4.69, 9.17) is 14.2 Å². The van der Waals surface area contributed by atoms with E-state index in [9.17, 15) is 4.79 Å². The first-order valence-corrected chi connectivity index (χ1v) is 8.82. The lowest BCUT2D eigenvalue weighted by Crippen LogP contribution is -2.44. The average molecular weight is 357 g/mol. The molecule has 0 spiro atoms. The third-order valence-electron chi connectivity index (χ3n) is 3.88. The second kappa shape index (κ2) is 9.70. The first-order valence-electron chi connectivity index (χ1n) is 8.82. The van der Waals surface area contributed by atoms with Gasteiger partial charge in [0.1, 0.15) is 23.9 Å². The Bertz CT molecular complexity index is 699. The van der Waals surface area contributed by atoms with Crippen LogP contribution in [0.15, 0.2) is 48.5 Å². The molecular weight excluding hydrogens is 330 g/mol. The van der Waals surface area contributed by atoms with Crippen LogP contribution in [0.25, 0.3) is 0 Å². The molecule has 0 aliphatic rings. The number of aryl methyl sites for hydroxylation is 1. The summed E-state index contributed by atoms with van der Waals surface area (Å²) >= 11 is 0. The molecule has 0 aromatic heterocycles. The van der Waals surface area contributed by atoms with Gasteiger partial charge in [-0.25, -0.2) is 0 Å². The van der Waals surface area contributed by atoms with Crippen molar-refractivity contribution in [2.75, 3.05) is 13.7 Å². The van der Waals surface area contributed by atoms with Crippen molar-refractivity contribution in [2.24, 2.45) is 0 Å². The zero-order chi connectivity index (χ0) is 18.9. The first-order chi connectivity index (χ1) is 12.5. The Labute approximate surface area is 155 Å². The maximum atomic E-state index is 12.5. The van der Waals surface area contributed by atoms with Crippen LogP contribution in [0, 0.1) is 6.92 Å². The number of methoxy groups -OCH3 is 1. The summed E-state index contributed by atoms with van der Waals surface area (Å²) in [5, 5.41) is 2.94. The molecule has 0 aliphatic carbocycles. The Hall–Kier alpha value is -2.69. The number of carbonyl (C=O) groups excluding carboxylic acids is 1. The molecule has 0 fully saturated rings. The molecule has 2 aromatic carbocycles. The Kier molecular flexibility index (Phi) is 7.33. The number of nitrogens with one attached hydrogen (secondary N) is 1. The Morgan fingerprint density at radius 2 is 1.77 bits per heavy atom. The van der Waals surface area contributed by atoms with Gasteiger partial charge in [-0.2, -0.15) is 0 Å². The second-order valence-electron chi connectivity index (χ2n) is 6.23. The Morgan fingerprint density at radius 1 is 1.08 bits per heavy atom. The number of hydrogen-bond donors (Lipinski definition) is 1. The van der Waals surface area contributed by atoms with Crippen LogP contribution in [0.2, 0.25) is 0 Å². The molecule has 1 N–H and O–H groups in total. The quantitative estimate of drug-likeness (QED) is 0.743. The Balaban J connectivity index is 1.83. The SMILES string of the molecule is CC[C@@H](Oc1cccc(C)c1)C(=O)N[C@@H](C)COc1ccc(OC)cc1. The molecule has 0 saturated carbocycles. The van der Waals surface area contributed by atoms with Crippen molar-refractivity contribution in [3.8, 4) is 17.2 Å². The predicted octanol–water partition coefficient (Wildman–Crippen LogP) is 3.74. The van der Waals surface area contributed by atoms with Gasteiger partial charge in [0.2, 0.25) is 0 Å². The monoisotopic (exact) mass is 357 g/mol. The fraction of sp³-hybridized carbons (Fsp3) is 0.381. The highest BCUT2D eigenvalue weighted by Crippen LogP contribution is 2.17. The summed E-state index contributed by atoms with van der Waals surface area (Å²) < 4.78 is 16.6. The fourth-order valence-electron chi connectivity index (χ4n) is 2.45. The second-order valence-corrected chi connectivity index (χ2v) is 6.23. The van der Waals surface area contributed by atoms with Crippen LogP contribution >= 0.6 is 0 Å². The first kappa shape index (κ1) is 19.6. The number of hydrogen-bond acceptors (Lipinski definition) is 4. The van der Waals surface area contributed by atoms with Gasteiger partial charge in [-0.15, -0.1) is 0 Å². The highest BCUT2D eigenvalue weighted by atomic mass is 16.5. The molecule has 0 unspecified atom stereocenters. The summed E-state index contributed by atoms with van der Waals surface area (Å²) in [7, 11) is 1.62. The van der Waals surface area contributed by atoms with Crippen molar-refractivity contribution in [1.29, 1.82) is 0 Å². The Morgan fingerprint density at radius 3 is 2.38 bits per heavy atom. The van der Waals surface area contributed by atoms with Crippen LogP contribution in [-0.2, 0) is 4.79 Å². The van der Waals surface area contributed by atoms with Gasteiger partial charge in [0.15, 0.2) is 6.10 Å². The lowest BCUT2D eigenvalue weighted by molar-refractivity contribution is -0.128. The van der Waals surface area contributed by atoms with Crippen molar-refractivity contribution in [3.05, 3.63) is 54.1 Å². The van der Waals surface area contributed by atoms with Crippen molar-refractivity contribution in [3.63, 3.8) is 0 Å². The number of benzene rings is 2. The minimum Gasteiger partial charge on any atom is -0.497 e. The molecule has 26 heavy (non-hydrogen) atoms. The van der Waals surface area contributed by atoms with Crippen LogP contribution in [0.1, 0.15) is 25.8 Å². The van der Waals surface area contributed by atoms with E-state index >= 15 is 0 Å². The highest BCUT2D eigenvalue weighted by molar-refractivity contribution is 5.81. The van der Waals surface area contributed by atoms with Gasteiger partial charge in [0, 0.05) is 0 Å². The summed E-state index contributed by atoms with van der Waals surface area (Å²) in [6, 6.07) is 14.9. The summed E-state index contributed by atoms with van der Waals surface area (Å²) in [5.41, 5.74) is 1.10. The number of amides is 1. The van der Waals surface area contributed by atoms with Crippen LogP contribution in [-0.4, -0.2) is 31.8 Å². The summed E-state index contributed by atoms with van der Waals surface area (Å²) in [6.07, 6.45) is 0.0616. The smallest absolute Gasteiger partial charge is 0.261 e. The van der Waals surface area contributed by atoms with Crippen molar-refractivity contribution in [1.82, 2.24) is 5.32 Å². The van der Waals surface area contributed by atoms with E-state index in [-0.39, 0.29) is 11.9 Å². The molecule has 0 saturated heterocycles. The van der Waals surface area contributed by atoms with E-state index < -0.39 is 6.10 Å². The highest BCUT2D eigenvalue weighted by Gasteiger charge is 2.20. The van der Waals surface area contributed by atoms with Crippen molar-refractivity contribution < 1.29 is 19.0 Å². The lowest BCUT2D eigenvalue weighted by Gasteiger charge is -2.21. The standard InChI is InChI=1S/C21H27NO4/c1-5-20(26-19-8-6-7-15(2)13-19)21(23)22-16(3)14-25-18-11-9-17(24-4)10-12-18/h6-13,16,20H,5,14H2,1-4H3,(H,22,23)/t16-,20+/m0/s1. The van der Waals surface area contributed by atoms with E-state index in [1.165, 1.54) is 0 Å². The van der Waals surface area contributed by atoms with Crippen LogP contribution in [0.4, 0.5) is 0 Å². The molecule has 2 rings (SSSR count). The number of rotatable bonds is 9. The molecule has 5 nitrogen and oxygen atoms in total. The third-order valence-corrected chi connectivity index (χ3v) is 3.88. The molecule has 140 valence electrons. The fourth-order valence-corrected chi connectivity index (χ4v) is 2.45. The topological polar surface area (TPSA) is 56.8 Å². The van der Waals surface area contributed by atoms with Crippen molar-refractivity contribution >= 4 is 5.91 Å². The van der Waals surface area contributed by atoms with E-state index in [0.717, 1.165) is 17.1 Å². The average Bonchev–Trinajstić information content (AvgIpc) is 2.64. The molecule has 2 atom stereocenters. The van der Waals surface area contributed by atoms with Crippen molar-refractivity contribution in [2.45, 2.75) is 39.3 Å². The van der Waals surface area contributed by atoms with Gasteiger partial charge < -0.3 is 19.5 Å². The van der Waals surface area contributed by atoms with Gasteiger partial charge in [-0.3, -0.25) is 4.79 Å². The summed E-state index contributed by atoms with van der Waals surface area (Å²) in [6.45, 7) is 6.20. The molecule has 0 aliphatic heterocycles. The predicted molar refractivity (Wildman–Crippen MR) is 102 cm³/mol. The van der Waals surface area contributed by atoms with Gasteiger partial charge in [0.25, 0.3) is 5.91 Å². The van der Waals surface area contributed by atoms with E-state index in [1.54, 1.807) is 7.11 Å². The van der Waals surface area contributed by atoms with Gasteiger partial charge in [-0.05, 0) is 62.2 Å². The zero-order valence-corrected chi connectivity index (χ0v) is 15.8. The van der Waals surface area contributed by atoms with Crippen LogP contribution in [0.3, 0.4) is 0 Å². The van der Waals surface area contributed by atoms with E-state index in [2.05, 4.69) is 5.32 Å². The minimum atomic E-state index is -0.528. The molecule has 0 radical (unpaired) electrons. The lowest BCUT2D eigenvalue weighted by atomic mass is 10.2. The minimum absolute atomic E-state index is 0.139. The summed E-state index contributed by atoms with van der Waals surface area (Å²) in [4.78, 5) is 12.5. The van der Waals surface area contributed by atoms with E-state index in [1.807, 2.05) is 69.3 Å². The molecule has 0 bridgehead atoms. The largest absolute Gasteiger partial charge is 0.497 e. The van der Waals surface area contributed by atoms with Gasteiger partial charge in [0.05, 0.1) is 13.2 Å². The normalized spacial score (nSPS) is 12.8. The molecule has 2 aromatic rings. The molecule has 0 heterocycles. The number of carbonyl (C=O) groups is 1. The van der Waals surface area contributed by atoms with Crippen LogP contribution in [0.5, 0.6) is 17.2 Å². The molecule has 1 amide bonds. The zero-order valence-electron chi connectivity index (χ0n) is 15.8. The van der Waals surface area contributed by atoms with Crippen LogP contribution < -0.4 is 19.5 Å². The molecule has 5 heteroatoms. The molecular formula is C21H27NO4. The third kappa shape index (κ3) is 5.99. The van der Waals surface area contributed by atoms with E-state index in [0.29, 0.717) is 18.8 Å².